The van der Waals surface area contributed by atoms with E-state index in [1.165, 1.54) is 11.1 Å². The van der Waals surface area contributed by atoms with Gasteiger partial charge in [0.2, 0.25) is 0 Å². The fraction of sp³-hybridized carbons (Fsp3) is 0.316. The summed E-state index contributed by atoms with van der Waals surface area (Å²) in [6.45, 7) is 2.07. The second-order valence-electron chi connectivity index (χ2n) is 6.32. The Balaban J connectivity index is 1.94. The summed E-state index contributed by atoms with van der Waals surface area (Å²) in [5, 5.41) is 0. The Morgan fingerprint density at radius 2 is 1.52 bits per heavy atom. The van der Waals surface area contributed by atoms with Crippen LogP contribution in [0.4, 0.5) is 0 Å². The van der Waals surface area contributed by atoms with E-state index < -0.39 is 11.0 Å². The van der Waals surface area contributed by atoms with Crippen LogP contribution in [0.5, 0.6) is 0 Å². The number of methoxy groups -OCH3 is 1. The number of benzene rings is 2. The third-order valence-electron chi connectivity index (χ3n) is 5.54. The molecule has 1 atom stereocenters. The molecule has 2 aromatic carbocycles. The van der Waals surface area contributed by atoms with E-state index in [0.29, 0.717) is 0 Å². The number of ether oxygens (including phenoxy) is 1. The van der Waals surface area contributed by atoms with E-state index >= 15 is 0 Å². The monoisotopic (exact) mass is 278 g/mol. The fourth-order valence-electron chi connectivity index (χ4n) is 4.25. The number of ketones is 1. The van der Waals surface area contributed by atoms with Crippen molar-refractivity contribution in [3.8, 4) is 0 Å². The molecule has 0 N–H and O–H groups in total. The molecule has 0 heterocycles. The minimum absolute atomic E-state index is 0.235. The van der Waals surface area contributed by atoms with E-state index in [0.717, 1.165) is 24.0 Å². The van der Waals surface area contributed by atoms with Gasteiger partial charge in [-0.05, 0) is 36.5 Å². The first-order valence-corrected chi connectivity index (χ1v) is 7.39. The van der Waals surface area contributed by atoms with Crippen molar-refractivity contribution in [1.82, 2.24) is 0 Å². The van der Waals surface area contributed by atoms with Crippen LogP contribution in [0.2, 0.25) is 0 Å². The van der Waals surface area contributed by atoms with Crippen molar-refractivity contribution in [1.29, 1.82) is 0 Å². The summed E-state index contributed by atoms with van der Waals surface area (Å²) in [4.78, 5) is 13.2. The molecule has 1 spiro atoms. The van der Waals surface area contributed by atoms with Gasteiger partial charge in [-0.3, -0.25) is 4.79 Å². The highest BCUT2D eigenvalue weighted by Crippen LogP contribution is 2.58. The van der Waals surface area contributed by atoms with Crippen LogP contribution in [-0.4, -0.2) is 12.9 Å². The average Bonchev–Trinajstić information content (AvgIpc) is 3.00. The highest BCUT2D eigenvalue weighted by Gasteiger charge is 2.63. The third-order valence-corrected chi connectivity index (χ3v) is 5.54. The van der Waals surface area contributed by atoms with Gasteiger partial charge in [0.15, 0.2) is 5.78 Å². The number of Topliss-reactive ketones (excluding diaryl/α,β-unsaturated/α-hetero) is 1. The molecule has 1 unspecified atom stereocenters. The van der Waals surface area contributed by atoms with Gasteiger partial charge < -0.3 is 4.74 Å². The molecule has 0 aliphatic heterocycles. The van der Waals surface area contributed by atoms with Gasteiger partial charge in [0, 0.05) is 12.7 Å². The van der Waals surface area contributed by atoms with Gasteiger partial charge >= 0.3 is 0 Å². The van der Waals surface area contributed by atoms with Crippen molar-refractivity contribution in [2.75, 3.05) is 7.11 Å². The molecule has 0 fully saturated rings. The van der Waals surface area contributed by atoms with E-state index in [9.17, 15) is 4.79 Å². The van der Waals surface area contributed by atoms with Crippen LogP contribution in [0.1, 0.15) is 34.0 Å². The number of carbonyl (C=O) groups is 1. The minimum atomic E-state index is -0.556. The van der Waals surface area contributed by atoms with Crippen molar-refractivity contribution < 1.29 is 9.53 Å². The lowest BCUT2D eigenvalue weighted by Gasteiger charge is -2.39. The average molecular weight is 278 g/mol. The Hall–Kier alpha value is -1.93. The molecule has 0 bridgehead atoms. The zero-order chi connectivity index (χ0) is 14.7. The normalized spacial score (nSPS) is 25.1. The molecule has 0 radical (unpaired) electrons. The molecule has 2 aliphatic rings. The van der Waals surface area contributed by atoms with Gasteiger partial charge in [0.1, 0.15) is 5.60 Å². The van der Waals surface area contributed by atoms with Crippen LogP contribution in [0, 0.1) is 5.41 Å². The van der Waals surface area contributed by atoms with Gasteiger partial charge in [-0.25, -0.2) is 0 Å². The Morgan fingerprint density at radius 1 is 0.952 bits per heavy atom. The lowest BCUT2D eigenvalue weighted by atomic mass is 9.70. The topological polar surface area (TPSA) is 26.3 Å². The van der Waals surface area contributed by atoms with Crippen molar-refractivity contribution in [2.24, 2.45) is 5.41 Å². The quantitative estimate of drug-likeness (QED) is 0.797. The summed E-state index contributed by atoms with van der Waals surface area (Å²) in [6.07, 6.45) is 1.53. The summed E-state index contributed by atoms with van der Waals surface area (Å²) >= 11 is 0. The van der Waals surface area contributed by atoms with Gasteiger partial charge in [0.05, 0.1) is 5.41 Å². The lowest BCUT2D eigenvalue weighted by molar-refractivity contribution is -0.0769. The molecule has 2 heteroatoms. The molecule has 2 aromatic rings. The molecule has 0 amide bonds. The zero-order valence-corrected chi connectivity index (χ0v) is 12.3. The first-order chi connectivity index (χ1) is 10.1. The molecule has 2 aliphatic carbocycles. The van der Waals surface area contributed by atoms with Gasteiger partial charge in [-0.15, -0.1) is 0 Å². The molecule has 106 valence electrons. The van der Waals surface area contributed by atoms with E-state index in [-0.39, 0.29) is 5.78 Å². The molecular weight excluding hydrogens is 260 g/mol. The van der Waals surface area contributed by atoms with Crippen LogP contribution < -0.4 is 0 Å². The first-order valence-electron chi connectivity index (χ1n) is 7.39. The van der Waals surface area contributed by atoms with Crippen LogP contribution in [0.15, 0.2) is 48.5 Å². The maximum atomic E-state index is 13.2. The second kappa shape index (κ2) is 4.05. The lowest BCUT2D eigenvalue weighted by Crippen LogP contribution is -2.45. The highest BCUT2D eigenvalue weighted by molar-refractivity contribution is 6.07. The van der Waals surface area contributed by atoms with Crippen molar-refractivity contribution in [2.45, 2.75) is 25.4 Å². The predicted octanol–water partition coefficient (Wildman–Crippen LogP) is 3.53. The first kappa shape index (κ1) is 12.8. The SMILES string of the molecule is COC1(C)c2ccccc2C(=O)C12Cc1ccccc1C2. The highest BCUT2D eigenvalue weighted by atomic mass is 16.5. The van der Waals surface area contributed by atoms with Crippen LogP contribution in [0.3, 0.4) is 0 Å². The van der Waals surface area contributed by atoms with E-state index in [2.05, 4.69) is 31.2 Å². The van der Waals surface area contributed by atoms with Crippen molar-refractivity contribution >= 4 is 5.78 Å². The van der Waals surface area contributed by atoms with Gasteiger partial charge in [0.25, 0.3) is 0 Å². The predicted molar refractivity (Wildman–Crippen MR) is 81.4 cm³/mol. The molecule has 4 rings (SSSR count). The second-order valence-corrected chi connectivity index (χ2v) is 6.32. The number of hydrogen-bond donors (Lipinski definition) is 0. The number of hydrogen-bond acceptors (Lipinski definition) is 2. The summed E-state index contributed by atoms with van der Waals surface area (Å²) in [5.41, 5.74) is 3.37. The van der Waals surface area contributed by atoms with Gasteiger partial charge in [-0.2, -0.15) is 0 Å². The largest absolute Gasteiger partial charge is 0.373 e. The van der Waals surface area contributed by atoms with Gasteiger partial charge in [-0.1, -0.05) is 48.5 Å². The summed E-state index contributed by atoms with van der Waals surface area (Å²) in [6, 6.07) is 16.3. The van der Waals surface area contributed by atoms with E-state index in [4.69, 9.17) is 4.74 Å². The molecule has 0 aromatic heterocycles. The Labute approximate surface area is 124 Å². The smallest absolute Gasteiger partial charge is 0.173 e. The number of rotatable bonds is 1. The third kappa shape index (κ3) is 1.38. The zero-order valence-electron chi connectivity index (χ0n) is 12.3. The van der Waals surface area contributed by atoms with E-state index in [1.807, 2.05) is 24.3 Å². The molecule has 21 heavy (non-hydrogen) atoms. The Kier molecular flexibility index (Phi) is 2.46. The fourth-order valence-corrected chi connectivity index (χ4v) is 4.25. The maximum Gasteiger partial charge on any atom is 0.173 e. The Bertz CT molecular complexity index is 722. The summed E-state index contributed by atoms with van der Waals surface area (Å²) in [7, 11) is 1.72. The van der Waals surface area contributed by atoms with E-state index in [1.54, 1.807) is 7.11 Å². The molecule has 2 nitrogen and oxygen atoms in total. The Morgan fingerprint density at radius 3 is 2.14 bits per heavy atom. The molecule has 0 saturated heterocycles. The number of carbonyl (C=O) groups excluding carboxylic acids is 1. The van der Waals surface area contributed by atoms with Crippen molar-refractivity contribution in [3.05, 3.63) is 70.8 Å². The van der Waals surface area contributed by atoms with Crippen LogP contribution in [0.25, 0.3) is 0 Å². The van der Waals surface area contributed by atoms with Crippen molar-refractivity contribution in [3.63, 3.8) is 0 Å². The summed E-state index contributed by atoms with van der Waals surface area (Å²) < 4.78 is 5.94. The number of fused-ring (bicyclic) bond motifs is 2. The minimum Gasteiger partial charge on any atom is -0.373 e. The standard InChI is InChI=1S/C19H18O2/c1-18(21-2)16-10-6-5-9-15(16)17(20)19(18)11-13-7-3-4-8-14(13)12-19/h3-10H,11-12H2,1-2H3. The summed E-state index contributed by atoms with van der Waals surface area (Å²) in [5.74, 6) is 0.235. The van der Waals surface area contributed by atoms with Crippen LogP contribution in [-0.2, 0) is 23.2 Å². The molecule has 0 saturated carbocycles. The maximum absolute atomic E-state index is 13.2. The van der Waals surface area contributed by atoms with Crippen LogP contribution >= 0.6 is 0 Å². The molecular formula is C19H18O2.